The first-order valence-corrected chi connectivity index (χ1v) is 7.64. The molecule has 0 aromatic heterocycles. The second kappa shape index (κ2) is 5.15. The number of ketones is 1. The van der Waals surface area contributed by atoms with Gasteiger partial charge in [0.25, 0.3) is 0 Å². The minimum atomic E-state index is -0.182. The molecular weight excluding hydrogens is 242 g/mol. The number of hydrogen-bond donors (Lipinski definition) is 1. The van der Waals surface area contributed by atoms with Gasteiger partial charge in [0.1, 0.15) is 5.78 Å². The van der Waals surface area contributed by atoms with E-state index < -0.39 is 0 Å². The predicted octanol–water partition coefficient (Wildman–Crippen LogP) is 1.80. The van der Waals surface area contributed by atoms with Gasteiger partial charge < -0.3 is 15.2 Å². The molecule has 2 N–H and O–H groups in total. The summed E-state index contributed by atoms with van der Waals surface area (Å²) in [4.78, 5) is 12.5. The van der Waals surface area contributed by atoms with Crippen LogP contribution < -0.4 is 5.73 Å². The Labute approximate surface area is 115 Å². The third kappa shape index (κ3) is 2.86. The van der Waals surface area contributed by atoms with Crippen molar-refractivity contribution in [3.05, 3.63) is 0 Å². The van der Waals surface area contributed by atoms with E-state index in [0.29, 0.717) is 18.8 Å². The van der Waals surface area contributed by atoms with Crippen LogP contribution in [0.2, 0.25) is 0 Å². The Morgan fingerprint density at radius 1 is 1.16 bits per heavy atom. The Bertz CT molecular complexity index is 340. The number of carbonyl (C=O) groups excluding carboxylic acids is 1. The van der Waals surface area contributed by atoms with Crippen LogP contribution in [-0.4, -0.2) is 36.7 Å². The molecule has 4 nitrogen and oxygen atoms in total. The fourth-order valence-corrected chi connectivity index (χ4v) is 3.69. The standard InChI is InChI=1S/C15H25NO3/c16-14(3-1-4-14)11-13(17)12-2-7-19-15(10-12)5-8-18-9-6-15/h12H,1-11,16H2. The molecule has 0 aromatic rings. The lowest BCUT2D eigenvalue weighted by atomic mass is 9.71. The van der Waals surface area contributed by atoms with Gasteiger partial charge in [0.15, 0.2) is 0 Å². The van der Waals surface area contributed by atoms with Crippen LogP contribution in [-0.2, 0) is 14.3 Å². The number of carbonyl (C=O) groups is 1. The number of hydrogen-bond acceptors (Lipinski definition) is 4. The van der Waals surface area contributed by atoms with Crippen molar-refractivity contribution in [2.45, 2.75) is 62.5 Å². The van der Waals surface area contributed by atoms with E-state index >= 15 is 0 Å². The SMILES string of the molecule is NC1(CC(=O)C2CCOC3(CCOCC3)C2)CCC1. The van der Waals surface area contributed by atoms with Gasteiger partial charge in [-0.15, -0.1) is 0 Å². The van der Waals surface area contributed by atoms with E-state index in [-0.39, 0.29) is 17.1 Å². The van der Waals surface area contributed by atoms with Crippen molar-refractivity contribution < 1.29 is 14.3 Å². The van der Waals surface area contributed by atoms with E-state index in [0.717, 1.165) is 51.7 Å². The maximum atomic E-state index is 12.5. The highest BCUT2D eigenvalue weighted by Gasteiger charge is 2.43. The summed E-state index contributed by atoms with van der Waals surface area (Å²) < 4.78 is 11.4. The Hall–Kier alpha value is -0.450. The molecule has 1 aliphatic carbocycles. The molecule has 2 saturated heterocycles. The second-order valence-electron chi connectivity index (χ2n) is 6.69. The molecule has 1 spiro atoms. The predicted molar refractivity (Wildman–Crippen MR) is 71.9 cm³/mol. The molecular formula is C15H25NO3. The van der Waals surface area contributed by atoms with Gasteiger partial charge in [0.05, 0.1) is 5.60 Å². The highest BCUT2D eigenvalue weighted by molar-refractivity contribution is 5.82. The summed E-state index contributed by atoms with van der Waals surface area (Å²) in [6.45, 7) is 2.25. The Balaban J connectivity index is 1.59. The molecule has 19 heavy (non-hydrogen) atoms. The summed E-state index contributed by atoms with van der Waals surface area (Å²) >= 11 is 0. The lowest BCUT2D eigenvalue weighted by molar-refractivity contribution is -0.157. The van der Waals surface area contributed by atoms with Crippen molar-refractivity contribution in [3.8, 4) is 0 Å². The monoisotopic (exact) mass is 267 g/mol. The number of Topliss-reactive ketones (excluding diaryl/α,β-unsaturated/α-hetero) is 1. The molecule has 1 saturated carbocycles. The van der Waals surface area contributed by atoms with Crippen LogP contribution in [0, 0.1) is 5.92 Å². The topological polar surface area (TPSA) is 61.6 Å². The number of nitrogens with two attached hydrogens (primary N) is 1. The fourth-order valence-electron chi connectivity index (χ4n) is 3.69. The van der Waals surface area contributed by atoms with Gasteiger partial charge in [-0.05, 0) is 44.9 Å². The maximum absolute atomic E-state index is 12.5. The molecule has 2 aliphatic heterocycles. The van der Waals surface area contributed by atoms with Crippen LogP contribution >= 0.6 is 0 Å². The van der Waals surface area contributed by atoms with E-state index in [1.165, 1.54) is 6.42 Å². The summed E-state index contributed by atoms with van der Waals surface area (Å²) in [6.07, 6.45) is 7.41. The largest absolute Gasteiger partial charge is 0.381 e. The zero-order valence-electron chi connectivity index (χ0n) is 11.7. The van der Waals surface area contributed by atoms with E-state index in [1.54, 1.807) is 0 Å². The second-order valence-corrected chi connectivity index (χ2v) is 6.69. The highest BCUT2D eigenvalue weighted by Crippen LogP contribution is 2.40. The smallest absolute Gasteiger partial charge is 0.138 e. The van der Waals surface area contributed by atoms with Crippen LogP contribution in [0.3, 0.4) is 0 Å². The summed E-state index contributed by atoms with van der Waals surface area (Å²) in [6, 6.07) is 0. The van der Waals surface area contributed by atoms with Gasteiger partial charge in [0.2, 0.25) is 0 Å². The Morgan fingerprint density at radius 2 is 1.89 bits per heavy atom. The quantitative estimate of drug-likeness (QED) is 0.847. The Kier molecular flexibility index (Phi) is 3.67. The fraction of sp³-hybridized carbons (Fsp3) is 0.933. The number of ether oxygens (including phenoxy) is 2. The first-order chi connectivity index (χ1) is 9.11. The Morgan fingerprint density at radius 3 is 2.53 bits per heavy atom. The summed E-state index contributed by atoms with van der Waals surface area (Å²) in [7, 11) is 0. The van der Waals surface area contributed by atoms with Crippen LogP contribution in [0.5, 0.6) is 0 Å². The zero-order chi connectivity index (χ0) is 13.3. The molecule has 0 bridgehead atoms. The molecule has 3 rings (SSSR count). The normalized spacial score (nSPS) is 32.8. The minimum absolute atomic E-state index is 0.0851. The van der Waals surface area contributed by atoms with Gasteiger partial charge in [-0.2, -0.15) is 0 Å². The number of rotatable bonds is 3. The summed E-state index contributed by atoms with van der Waals surface area (Å²) in [5.74, 6) is 0.532. The summed E-state index contributed by atoms with van der Waals surface area (Å²) in [5, 5.41) is 0. The van der Waals surface area contributed by atoms with Crippen LogP contribution in [0.15, 0.2) is 0 Å². The molecule has 0 aromatic carbocycles. The van der Waals surface area contributed by atoms with Crippen molar-refractivity contribution in [1.82, 2.24) is 0 Å². The molecule has 0 amide bonds. The average molecular weight is 267 g/mol. The third-order valence-corrected chi connectivity index (χ3v) is 5.23. The van der Waals surface area contributed by atoms with Gasteiger partial charge in [0, 0.05) is 37.7 Å². The molecule has 2 heterocycles. The van der Waals surface area contributed by atoms with Gasteiger partial charge >= 0.3 is 0 Å². The van der Waals surface area contributed by atoms with Gasteiger partial charge in [-0.3, -0.25) is 4.79 Å². The van der Waals surface area contributed by atoms with E-state index in [1.807, 2.05) is 0 Å². The molecule has 108 valence electrons. The van der Waals surface area contributed by atoms with Crippen molar-refractivity contribution in [2.24, 2.45) is 11.7 Å². The molecule has 3 aliphatic rings. The van der Waals surface area contributed by atoms with Gasteiger partial charge in [-0.1, -0.05) is 0 Å². The first kappa shape index (κ1) is 13.5. The molecule has 3 fully saturated rings. The van der Waals surface area contributed by atoms with Crippen LogP contribution in [0.4, 0.5) is 0 Å². The maximum Gasteiger partial charge on any atom is 0.138 e. The molecule has 1 unspecified atom stereocenters. The van der Waals surface area contributed by atoms with Crippen LogP contribution in [0.25, 0.3) is 0 Å². The lowest BCUT2D eigenvalue weighted by Gasteiger charge is -2.44. The highest BCUT2D eigenvalue weighted by atomic mass is 16.5. The van der Waals surface area contributed by atoms with E-state index in [9.17, 15) is 4.79 Å². The molecule has 1 atom stereocenters. The average Bonchev–Trinajstić information content (AvgIpc) is 2.38. The van der Waals surface area contributed by atoms with E-state index in [4.69, 9.17) is 15.2 Å². The van der Waals surface area contributed by atoms with E-state index in [2.05, 4.69) is 0 Å². The van der Waals surface area contributed by atoms with Crippen molar-refractivity contribution in [1.29, 1.82) is 0 Å². The minimum Gasteiger partial charge on any atom is -0.381 e. The first-order valence-electron chi connectivity index (χ1n) is 7.64. The molecule has 4 heteroatoms. The van der Waals surface area contributed by atoms with Crippen LogP contribution in [0.1, 0.15) is 51.4 Å². The zero-order valence-corrected chi connectivity index (χ0v) is 11.7. The molecule has 0 radical (unpaired) electrons. The lowest BCUT2D eigenvalue weighted by Crippen LogP contribution is -2.51. The third-order valence-electron chi connectivity index (χ3n) is 5.23. The van der Waals surface area contributed by atoms with Crippen molar-refractivity contribution in [3.63, 3.8) is 0 Å². The van der Waals surface area contributed by atoms with Crippen molar-refractivity contribution in [2.75, 3.05) is 19.8 Å². The summed E-state index contributed by atoms with van der Waals surface area (Å²) in [5.41, 5.74) is 5.94. The van der Waals surface area contributed by atoms with Gasteiger partial charge in [-0.25, -0.2) is 0 Å². The van der Waals surface area contributed by atoms with Crippen molar-refractivity contribution >= 4 is 5.78 Å².